The van der Waals surface area contributed by atoms with Gasteiger partial charge in [-0.3, -0.25) is 0 Å². The van der Waals surface area contributed by atoms with E-state index in [0.717, 1.165) is 59.6 Å². The van der Waals surface area contributed by atoms with Crippen LogP contribution in [0.25, 0.3) is 22.2 Å². The van der Waals surface area contributed by atoms with Crippen LogP contribution in [0, 0.1) is 0 Å². The molecule has 5 rings (SSSR count). The molecule has 1 aliphatic rings. The molecule has 7 nitrogen and oxygen atoms in total. The van der Waals surface area contributed by atoms with Crippen LogP contribution in [0.2, 0.25) is 0 Å². The van der Waals surface area contributed by atoms with E-state index < -0.39 is 0 Å². The Morgan fingerprint density at radius 1 is 1.03 bits per heavy atom. The predicted octanol–water partition coefficient (Wildman–Crippen LogP) is 4.16. The highest BCUT2D eigenvalue weighted by molar-refractivity contribution is 5.80. The summed E-state index contributed by atoms with van der Waals surface area (Å²) in [5.41, 5.74) is 2.72. The molecule has 0 radical (unpaired) electrons. The second-order valence-corrected chi connectivity index (χ2v) is 7.05. The minimum atomic E-state index is 0.260. The maximum absolute atomic E-state index is 6.14. The monoisotopic (exact) mass is 387 g/mol. The van der Waals surface area contributed by atoms with Crippen molar-refractivity contribution < 1.29 is 9.15 Å². The van der Waals surface area contributed by atoms with Gasteiger partial charge < -0.3 is 19.8 Å². The number of ether oxygens (including phenoxy) is 1. The molecule has 0 aliphatic carbocycles. The van der Waals surface area contributed by atoms with E-state index in [1.54, 1.807) is 6.20 Å². The second kappa shape index (κ2) is 7.89. The normalized spacial score (nSPS) is 14.8. The largest absolute Gasteiger partial charge is 0.490 e. The van der Waals surface area contributed by atoms with Crippen LogP contribution in [-0.2, 0) is 0 Å². The fourth-order valence-electron chi connectivity index (χ4n) is 3.45. The lowest BCUT2D eigenvalue weighted by atomic mass is 10.1. The zero-order valence-corrected chi connectivity index (χ0v) is 15.8. The fourth-order valence-corrected chi connectivity index (χ4v) is 3.45. The molecule has 0 amide bonds. The standard InChI is InChI=1S/C22H21N5O2/c1-4-17(5-2-15(1)21-13-24-14-28-21)26-22-25-12-16-3-6-19(11-20(16)27-22)29-18-7-9-23-10-8-18/h1-6,11-14,18,23H,7-10H2,(H,25,26,27). The van der Waals surface area contributed by atoms with E-state index in [2.05, 4.69) is 25.6 Å². The van der Waals surface area contributed by atoms with Gasteiger partial charge in [0.05, 0.1) is 11.7 Å². The first-order valence-electron chi connectivity index (χ1n) is 9.74. The minimum absolute atomic E-state index is 0.260. The van der Waals surface area contributed by atoms with Gasteiger partial charge >= 0.3 is 0 Å². The number of rotatable bonds is 5. The smallest absolute Gasteiger partial charge is 0.227 e. The van der Waals surface area contributed by atoms with Gasteiger partial charge in [-0.25, -0.2) is 15.0 Å². The number of hydrogen-bond donors (Lipinski definition) is 2. The summed E-state index contributed by atoms with van der Waals surface area (Å²) in [6.07, 6.45) is 7.25. The highest BCUT2D eigenvalue weighted by atomic mass is 16.5. The maximum atomic E-state index is 6.14. The fraction of sp³-hybridized carbons (Fsp3) is 0.227. The third-order valence-corrected chi connectivity index (χ3v) is 5.00. The molecule has 0 saturated carbocycles. The molecule has 2 N–H and O–H groups in total. The van der Waals surface area contributed by atoms with Gasteiger partial charge in [0.25, 0.3) is 0 Å². The molecular formula is C22H21N5O2. The van der Waals surface area contributed by atoms with Gasteiger partial charge in [0.2, 0.25) is 5.95 Å². The summed E-state index contributed by atoms with van der Waals surface area (Å²) in [4.78, 5) is 13.0. The van der Waals surface area contributed by atoms with Gasteiger partial charge in [0, 0.05) is 28.9 Å². The van der Waals surface area contributed by atoms with Crippen LogP contribution in [0.3, 0.4) is 0 Å². The average molecular weight is 387 g/mol. The molecular weight excluding hydrogens is 366 g/mol. The lowest BCUT2D eigenvalue weighted by Gasteiger charge is -2.23. The van der Waals surface area contributed by atoms with Crippen LogP contribution < -0.4 is 15.4 Å². The van der Waals surface area contributed by atoms with Gasteiger partial charge in [0.15, 0.2) is 12.2 Å². The predicted molar refractivity (Wildman–Crippen MR) is 111 cm³/mol. The number of nitrogens with one attached hydrogen (secondary N) is 2. The Morgan fingerprint density at radius 3 is 2.69 bits per heavy atom. The van der Waals surface area contributed by atoms with Crippen LogP contribution in [-0.4, -0.2) is 34.1 Å². The lowest BCUT2D eigenvalue weighted by molar-refractivity contribution is 0.162. The van der Waals surface area contributed by atoms with Crippen LogP contribution in [0.5, 0.6) is 5.75 Å². The van der Waals surface area contributed by atoms with Crippen molar-refractivity contribution in [3.8, 4) is 17.1 Å². The van der Waals surface area contributed by atoms with Gasteiger partial charge in [-0.15, -0.1) is 0 Å². The number of hydrogen-bond acceptors (Lipinski definition) is 7. The Hall–Kier alpha value is -3.45. The van der Waals surface area contributed by atoms with Crippen molar-refractivity contribution >= 4 is 22.5 Å². The highest BCUT2D eigenvalue weighted by Gasteiger charge is 2.14. The Bertz CT molecular complexity index is 1090. The Labute approximate surface area is 168 Å². The zero-order chi connectivity index (χ0) is 19.5. The van der Waals surface area contributed by atoms with Crippen molar-refractivity contribution in [2.24, 2.45) is 0 Å². The third kappa shape index (κ3) is 4.05. The molecule has 1 saturated heterocycles. The first kappa shape index (κ1) is 17.6. The van der Waals surface area contributed by atoms with Crippen LogP contribution in [0.15, 0.2) is 65.7 Å². The Morgan fingerprint density at radius 2 is 1.90 bits per heavy atom. The summed E-state index contributed by atoms with van der Waals surface area (Å²) in [6, 6.07) is 13.8. The number of aromatic nitrogens is 3. The number of fused-ring (bicyclic) bond motifs is 1. The number of benzene rings is 2. The number of oxazole rings is 1. The summed E-state index contributed by atoms with van der Waals surface area (Å²) in [6.45, 7) is 2.01. The maximum Gasteiger partial charge on any atom is 0.227 e. The molecule has 146 valence electrons. The Balaban J connectivity index is 1.33. The zero-order valence-electron chi connectivity index (χ0n) is 15.8. The van der Waals surface area contributed by atoms with Crippen molar-refractivity contribution in [3.63, 3.8) is 0 Å². The van der Waals surface area contributed by atoms with Gasteiger partial charge in [-0.05, 0) is 62.3 Å². The summed E-state index contributed by atoms with van der Waals surface area (Å²) in [5.74, 6) is 2.13. The van der Waals surface area contributed by atoms with E-state index in [9.17, 15) is 0 Å². The number of nitrogens with zero attached hydrogens (tertiary/aromatic N) is 3. The van der Waals surface area contributed by atoms with E-state index in [0.29, 0.717) is 5.95 Å². The molecule has 1 fully saturated rings. The van der Waals surface area contributed by atoms with Gasteiger partial charge in [0.1, 0.15) is 11.9 Å². The van der Waals surface area contributed by atoms with Crippen molar-refractivity contribution in [1.82, 2.24) is 20.3 Å². The molecule has 29 heavy (non-hydrogen) atoms. The van der Waals surface area contributed by atoms with Crippen molar-refractivity contribution in [3.05, 3.63) is 61.3 Å². The van der Waals surface area contributed by atoms with Crippen molar-refractivity contribution in [1.29, 1.82) is 0 Å². The number of piperidine rings is 1. The van der Waals surface area contributed by atoms with E-state index in [4.69, 9.17) is 9.15 Å². The number of anilines is 2. The van der Waals surface area contributed by atoms with Crippen LogP contribution >= 0.6 is 0 Å². The average Bonchev–Trinajstić information content (AvgIpc) is 3.30. The summed E-state index contributed by atoms with van der Waals surface area (Å²) >= 11 is 0. The van der Waals surface area contributed by atoms with Crippen LogP contribution in [0.4, 0.5) is 11.6 Å². The van der Waals surface area contributed by atoms with E-state index in [1.165, 1.54) is 6.39 Å². The van der Waals surface area contributed by atoms with Gasteiger partial charge in [-0.1, -0.05) is 0 Å². The molecule has 3 heterocycles. The molecule has 2 aromatic carbocycles. The first-order valence-corrected chi connectivity index (χ1v) is 9.74. The third-order valence-electron chi connectivity index (χ3n) is 5.00. The van der Waals surface area contributed by atoms with E-state index in [-0.39, 0.29) is 6.10 Å². The highest BCUT2D eigenvalue weighted by Crippen LogP contribution is 2.25. The van der Waals surface area contributed by atoms with Crippen LogP contribution in [0.1, 0.15) is 12.8 Å². The first-order chi connectivity index (χ1) is 14.3. The van der Waals surface area contributed by atoms with E-state index in [1.807, 2.05) is 48.7 Å². The van der Waals surface area contributed by atoms with Crippen molar-refractivity contribution in [2.75, 3.05) is 18.4 Å². The summed E-state index contributed by atoms with van der Waals surface area (Å²) in [7, 11) is 0. The van der Waals surface area contributed by atoms with Gasteiger partial charge in [-0.2, -0.15) is 0 Å². The van der Waals surface area contributed by atoms with E-state index >= 15 is 0 Å². The minimum Gasteiger partial charge on any atom is -0.490 e. The summed E-state index contributed by atoms with van der Waals surface area (Å²) < 4.78 is 11.5. The SMILES string of the molecule is c1ncc(-c2ccc(Nc3ncc4ccc(OC5CCNCC5)cc4n3)cc2)o1. The summed E-state index contributed by atoms with van der Waals surface area (Å²) in [5, 5.41) is 7.59. The second-order valence-electron chi connectivity index (χ2n) is 7.05. The molecule has 7 heteroatoms. The molecule has 0 spiro atoms. The lowest BCUT2D eigenvalue weighted by Crippen LogP contribution is -2.34. The quantitative estimate of drug-likeness (QED) is 0.532. The Kier molecular flexibility index (Phi) is 4.80. The molecule has 1 aliphatic heterocycles. The topological polar surface area (TPSA) is 85.1 Å². The molecule has 0 bridgehead atoms. The molecule has 0 unspecified atom stereocenters. The molecule has 4 aromatic rings. The molecule has 2 aromatic heterocycles. The van der Waals surface area contributed by atoms with Crippen molar-refractivity contribution in [2.45, 2.75) is 18.9 Å². The molecule has 0 atom stereocenters.